The quantitative estimate of drug-likeness (QED) is 0.923. The fraction of sp³-hybridized carbons (Fsp3) is 0.286. The molecular weight excluding hydrogens is 292 g/mol. The number of primary sulfonamides is 1. The summed E-state index contributed by atoms with van der Waals surface area (Å²) in [5.74, 6) is 0. The van der Waals surface area contributed by atoms with Crippen LogP contribution in [0.15, 0.2) is 46.0 Å². The second kappa shape index (κ2) is 6.05. The highest BCUT2D eigenvalue weighted by atomic mass is 32.2. The molecule has 0 amide bonds. The molecule has 2 N–H and O–H groups in total. The summed E-state index contributed by atoms with van der Waals surface area (Å²) in [7, 11) is -1.57. The summed E-state index contributed by atoms with van der Waals surface area (Å²) < 4.78 is 22.5. The van der Waals surface area contributed by atoms with E-state index in [2.05, 4.69) is 35.7 Å². The van der Waals surface area contributed by atoms with Crippen molar-refractivity contribution in [3.8, 4) is 0 Å². The Hall–Kier alpha value is -1.21. The zero-order valence-corrected chi connectivity index (χ0v) is 13.1. The van der Waals surface area contributed by atoms with E-state index in [9.17, 15) is 8.42 Å². The lowest BCUT2D eigenvalue weighted by Gasteiger charge is -2.24. The number of sulfonamides is 1. The van der Waals surface area contributed by atoms with Gasteiger partial charge in [-0.15, -0.1) is 0 Å². The van der Waals surface area contributed by atoms with Crippen LogP contribution in [0.2, 0.25) is 0 Å². The second-order valence-corrected chi connectivity index (χ2v) is 7.18. The zero-order valence-electron chi connectivity index (χ0n) is 11.5. The van der Waals surface area contributed by atoms with Crippen LogP contribution < -0.4 is 5.14 Å². The smallest absolute Gasteiger partial charge is 0.238 e. The maximum atomic E-state index is 11.2. The van der Waals surface area contributed by atoms with Gasteiger partial charge < -0.3 is 0 Å². The van der Waals surface area contributed by atoms with Crippen LogP contribution >= 0.6 is 11.3 Å². The summed E-state index contributed by atoms with van der Waals surface area (Å²) in [6, 6.07) is 9.05. The van der Waals surface area contributed by atoms with Crippen LogP contribution in [0, 0.1) is 0 Å². The van der Waals surface area contributed by atoms with Crippen molar-refractivity contribution in [1.82, 2.24) is 4.90 Å². The molecule has 1 aromatic heterocycles. The normalized spacial score (nSPS) is 13.6. The van der Waals surface area contributed by atoms with E-state index in [4.69, 9.17) is 5.14 Å². The molecule has 0 aliphatic rings. The first kappa shape index (κ1) is 15.2. The van der Waals surface area contributed by atoms with Crippen LogP contribution in [0.5, 0.6) is 0 Å². The highest BCUT2D eigenvalue weighted by molar-refractivity contribution is 7.89. The van der Waals surface area contributed by atoms with Crippen molar-refractivity contribution < 1.29 is 8.42 Å². The molecular formula is C14H18N2O2S2. The second-order valence-electron chi connectivity index (χ2n) is 4.84. The van der Waals surface area contributed by atoms with E-state index < -0.39 is 10.0 Å². The minimum atomic E-state index is -3.62. The summed E-state index contributed by atoms with van der Waals surface area (Å²) >= 11 is 1.69. The van der Waals surface area contributed by atoms with Crippen molar-refractivity contribution >= 4 is 21.4 Å². The van der Waals surface area contributed by atoms with E-state index >= 15 is 0 Å². The molecule has 0 aliphatic heterocycles. The topological polar surface area (TPSA) is 63.4 Å². The van der Waals surface area contributed by atoms with Gasteiger partial charge in [0.2, 0.25) is 10.0 Å². The van der Waals surface area contributed by atoms with E-state index in [0.29, 0.717) is 0 Å². The number of nitrogens with zero attached hydrogens (tertiary/aromatic N) is 1. The molecule has 20 heavy (non-hydrogen) atoms. The van der Waals surface area contributed by atoms with E-state index in [1.807, 2.05) is 12.1 Å². The molecule has 4 nitrogen and oxygen atoms in total. The molecule has 0 fully saturated rings. The molecule has 0 aliphatic carbocycles. The van der Waals surface area contributed by atoms with Gasteiger partial charge in [0.15, 0.2) is 0 Å². The van der Waals surface area contributed by atoms with Crippen LogP contribution in [0.4, 0.5) is 0 Å². The Kier molecular flexibility index (Phi) is 4.59. The van der Waals surface area contributed by atoms with Gasteiger partial charge in [-0.1, -0.05) is 12.1 Å². The molecule has 2 rings (SSSR count). The maximum absolute atomic E-state index is 11.2. The van der Waals surface area contributed by atoms with Crippen LogP contribution in [-0.2, 0) is 16.6 Å². The van der Waals surface area contributed by atoms with Gasteiger partial charge in [0, 0.05) is 12.6 Å². The first-order chi connectivity index (χ1) is 9.38. The summed E-state index contributed by atoms with van der Waals surface area (Å²) in [4.78, 5) is 2.36. The van der Waals surface area contributed by atoms with Gasteiger partial charge >= 0.3 is 0 Å². The largest absolute Gasteiger partial charge is 0.295 e. The fourth-order valence-corrected chi connectivity index (χ4v) is 3.17. The maximum Gasteiger partial charge on any atom is 0.238 e. The monoisotopic (exact) mass is 310 g/mol. The average Bonchev–Trinajstić information content (AvgIpc) is 2.90. The molecule has 0 bridgehead atoms. The molecule has 0 radical (unpaired) electrons. The Bertz CT molecular complexity index is 649. The first-order valence-corrected chi connectivity index (χ1v) is 8.71. The molecule has 0 spiro atoms. The van der Waals surface area contributed by atoms with Crippen molar-refractivity contribution in [2.45, 2.75) is 24.4 Å². The van der Waals surface area contributed by atoms with E-state index in [-0.39, 0.29) is 10.9 Å². The lowest BCUT2D eigenvalue weighted by atomic mass is 10.1. The van der Waals surface area contributed by atoms with Gasteiger partial charge in [-0.3, -0.25) is 4.90 Å². The minimum Gasteiger partial charge on any atom is -0.295 e. The minimum absolute atomic E-state index is 0.147. The van der Waals surface area contributed by atoms with Gasteiger partial charge in [-0.2, -0.15) is 11.3 Å². The number of nitrogens with two attached hydrogens (primary N) is 1. The van der Waals surface area contributed by atoms with Crippen LogP contribution in [0.3, 0.4) is 0 Å². The van der Waals surface area contributed by atoms with Crippen LogP contribution in [0.25, 0.3) is 0 Å². The summed E-state index contributed by atoms with van der Waals surface area (Å²) in [5, 5.41) is 9.29. The number of hydrogen-bond donors (Lipinski definition) is 1. The summed E-state index contributed by atoms with van der Waals surface area (Å²) in [6.07, 6.45) is 0. The third-order valence-electron chi connectivity index (χ3n) is 3.36. The molecule has 0 saturated heterocycles. The van der Waals surface area contributed by atoms with Gasteiger partial charge in [0.05, 0.1) is 4.90 Å². The summed E-state index contributed by atoms with van der Waals surface area (Å²) in [6.45, 7) is 2.96. The Labute approximate surface area is 123 Å². The molecule has 0 unspecified atom stereocenters. The van der Waals surface area contributed by atoms with Crippen molar-refractivity contribution in [1.29, 1.82) is 0 Å². The van der Waals surface area contributed by atoms with E-state index in [1.165, 1.54) is 5.56 Å². The first-order valence-electron chi connectivity index (χ1n) is 6.22. The number of hydrogen-bond acceptors (Lipinski definition) is 4. The Morgan fingerprint density at radius 3 is 2.40 bits per heavy atom. The zero-order chi connectivity index (χ0) is 14.8. The highest BCUT2D eigenvalue weighted by Crippen LogP contribution is 2.22. The van der Waals surface area contributed by atoms with Crippen molar-refractivity contribution in [3.63, 3.8) is 0 Å². The number of thiophene rings is 1. The summed E-state index contributed by atoms with van der Waals surface area (Å²) in [5.41, 5.74) is 2.35. The molecule has 2 aromatic rings. The lowest BCUT2D eigenvalue weighted by molar-refractivity contribution is 0.253. The molecule has 108 valence electrons. The third kappa shape index (κ3) is 3.67. The number of benzene rings is 1. The van der Waals surface area contributed by atoms with Crippen molar-refractivity contribution in [2.75, 3.05) is 7.05 Å². The van der Waals surface area contributed by atoms with Gasteiger partial charge in [0.1, 0.15) is 0 Å². The Balaban J connectivity index is 2.10. The average molecular weight is 310 g/mol. The van der Waals surface area contributed by atoms with E-state index in [0.717, 1.165) is 12.1 Å². The fourth-order valence-electron chi connectivity index (χ4n) is 2.00. The van der Waals surface area contributed by atoms with Crippen molar-refractivity contribution in [3.05, 3.63) is 52.2 Å². The third-order valence-corrected chi connectivity index (χ3v) is 5.03. The SMILES string of the molecule is C[C@@H](c1ccc(S(N)(=O)=O)cc1)N(C)Cc1ccsc1. The molecule has 1 heterocycles. The lowest BCUT2D eigenvalue weighted by Crippen LogP contribution is -2.21. The van der Waals surface area contributed by atoms with Crippen molar-refractivity contribution in [2.24, 2.45) is 5.14 Å². The van der Waals surface area contributed by atoms with E-state index in [1.54, 1.807) is 23.5 Å². The highest BCUT2D eigenvalue weighted by Gasteiger charge is 2.14. The van der Waals surface area contributed by atoms with Gasteiger partial charge in [0.25, 0.3) is 0 Å². The number of rotatable bonds is 5. The van der Waals surface area contributed by atoms with Crippen LogP contribution in [0.1, 0.15) is 24.1 Å². The predicted octanol–water partition coefficient (Wildman–Crippen LogP) is 2.59. The van der Waals surface area contributed by atoms with Crippen LogP contribution in [-0.4, -0.2) is 20.4 Å². The molecule has 0 saturated carbocycles. The molecule has 1 aromatic carbocycles. The molecule has 6 heteroatoms. The Morgan fingerprint density at radius 2 is 1.90 bits per heavy atom. The van der Waals surface area contributed by atoms with Gasteiger partial charge in [-0.05, 0) is 54.1 Å². The van der Waals surface area contributed by atoms with Gasteiger partial charge in [-0.25, -0.2) is 13.6 Å². The Morgan fingerprint density at radius 1 is 1.25 bits per heavy atom. The predicted molar refractivity (Wildman–Crippen MR) is 82.0 cm³/mol. The standard InChI is InChI=1S/C14H18N2O2S2/c1-11(16(2)9-12-7-8-19-10-12)13-3-5-14(6-4-13)20(15,17)18/h3-8,10-11H,9H2,1-2H3,(H2,15,17,18)/t11-/m0/s1. The molecule has 1 atom stereocenters.